The molecule has 0 atom stereocenters. The van der Waals surface area contributed by atoms with Crippen LogP contribution in [0.4, 0.5) is 5.13 Å². The average Bonchev–Trinajstić information content (AvgIpc) is 3.11. The number of aryl methyl sites for hydroxylation is 1. The minimum absolute atomic E-state index is 0.0976. The van der Waals surface area contributed by atoms with Gasteiger partial charge in [0.1, 0.15) is 0 Å². The third-order valence-corrected chi connectivity index (χ3v) is 4.53. The maximum Gasteiger partial charge on any atom is 0.231 e. The van der Waals surface area contributed by atoms with E-state index >= 15 is 0 Å². The molecule has 0 radical (unpaired) electrons. The van der Waals surface area contributed by atoms with Crippen molar-refractivity contribution in [1.29, 1.82) is 0 Å². The van der Waals surface area contributed by atoms with Gasteiger partial charge in [-0.15, -0.1) is 0 Å². The van der Waals surface area contributed by atoms with E-state index < -0.39 is 0 Å². The van der Waals surface area contributed by atoms with Crippen molar-refractivity contribution in [3.63, 3.8) is 0 Å². The van der Waals surface area contributed by atoms with Crippen LogP contribution in [0.2, 0.25) is 0 Å². The molecular formula is C17H14N2O3S. The van der Waals surface area contributed by atoms with Crippen molar-refractivity contribution >= 4 is 32.6 Å². The Labute approximate surface area is 136 Å². The van der Waals surface area contributed by atoms with Crippen LogP contribution in [0.25, 0.3) is 10.2 Å². The van der Waals surface area contributed by atoms with E-state index in [0.717, 1.165) is 21.5 Å². The van der Waals surface area contributed by atoms with Crippen LogP contribution in [0.15, 0.2) is 36.4 Å². The number of carbonyl (C=O) groups is 1. The quantitative estimate of drug-likeness (QED) is 0.800. The molecule has 2 heterocycles. The number of carbonyl (C=O) groups excluding carboxylic acids is 1. The van der Waals surface area contributed by atoms with Crippen molar-refractivity contribution in [2.24, 2.45) is 0 Å². The van der Waals surface area contributed by atoms with Gasteiger partial charge in [-0.05, 0) is 42.3 Å². The fourth-order valence-corrected chi connectivity index (χ4v) is 3.47. The molecular weight excluding hydrogens is 312 g/mol. The van der Waals surface area contributed by atoms with Crippen LogP contribution < -0.4 is 14.8 Å². The van der Waals surface area contributed by atoms with Gasteiger partial charge in [-0.25, -0.2) is 4.98 Å². The summed E-state index contributed by atoms with van der Waals surface area (Å²) in [5, 5.41) is 3.49. The lowest BCUT2D eigenvalue weighted by Crippen LogP contribution is -2.14. The van der Waals surface area contributed by atoms with E-state index in [0.29, 0.717) is 10.9 Å². The van der Waals surface area contributed by atoms with Gasteiger partial charge >= 0.3 is 0 Å². The van der Waals surface area contributed by atoms with Crippen LogP contribution in [0.5, 0.6) is 11.5 Å². The Balaban J connectivity index is 1.48. The predicted octanol–water partition coefficient (Wildman–Crippen LogP) is 3.51. The van der Waals surface area contributed by atoms with Gasteiger partial charge in [0, 0.05) is 0 Å². The van der Waals surface area contributed by atoms with Gasteiger partial charge in [0.25, 0.3) is 0 Å². The number of thiazole rings is 1. The van der Waals surface area contributed by atoms with Crippen molar-refractivity contribution in [3.8, 4) is 11.5 Å². The Bertz CT molecular complexity index is 904. The molecule has 6 heteroatoms. The topological polar surface area (TPSA) is 60.5 Å². The van der Waals surface area contributed by atoms with E-state index in [2.05, 4.69) is 16.4 Å². The molecule has 0 bridgehead atoms. The SMILES string of the molecule is Cc1ccc2nc(NC(=O)Cc3ccc4c(c3)OCO4)sc2c1. The Morgan fingerprint density at radius 3 is 3.00 bits per heavy atom. The minimum atomic E-state index is -0.0976. The summed E-state index contributed by atoms with van der Waals surface area (Å²) in [4.78, 5) is 16.6. The van der Waals surface area contributed by atoms with E-state index in [1.165, 1.54) is 16.9 Å². The van der Waals surface area contributed by atoms with Gasteiger partial charge in [0.2, 0.25) is 12.7 Å². The van der Waals surface area contributed by atoms with E-state index in [-0.39, 0.29) is 19.1 Å². The van der Waals surface area contributed by atoms with E-state index in [1.807, 2.05) is 37.3 Å². The summed E-state index contributed by atoms with van der Waals surface area (Å²) in [6, 6.07) is 11.6. The number of rotatable bonds is 3. The largest absolute Gasteiger partial charge is 0.454 e. The summed E-state index contributed by atoms with van der Waals surface area (Å²) in [7, 11) is 0. The number of anilines is 1. The normalized spacial score (nSPS) is 12.6. The molecule has 1 amide bonds. The Morgan fingerprint density at radius 2 is 2.09 bits per heavy atom. The van der Waals surface area contributed by atoms with Crippen LogP contribution in [-0.2, 0) is 11.2 Å². The van der Waals surface area contributed by atoms with Gasteiger partial charge in [-0.1, -0.05) is 23.5 Å². The molecule has 0 saturated heterocycles. The highest BCUT2D eigenvalue weighted by Gasteiger charge is 2.15. The van der Waals surface area contributed by atoms with Gasteiger partial charge in [-0.2, -0.15) is 0 Å². The highest BCUT2D eigenvalue weighted by Crippen LogP contribution is 2.32. The molecule has 0 saturated carbocycles. The minimum Gasteiger partial charge on any atom is -0.454 e. The molecule has 23 heavy (non-hydrogen) atoms. The number of benzene rings is 2. The van der Waals surface area contributed by atoms with E-state index in [9.17, 15) is 4.79 Å². The summed E-state index contributed by atoms with van der Waals surface area (Å²) >= 11 is 1.48. The third-order valence-electron chi connectivity index (χ3n) is 3.59. The smallest absolute Gasteiger partial charge is 0.231 e. The molecule has 1 aliphatic heterocycles. The highest BCUT2D eigenvalue weighted by atomic mass is 32.1. The molecule has 0 spiro atoms. The second-order valence-electron chi connectivity index (χ2n) is 5.40. The maximum atomic E-state index is 12.2. The first-order valence-corrected chi connectivity index (χ1v) is 8.04. The molecule has 0 unspecified atom stereocenters. The van der Waals surface area contributed by atoms with Crippen molar-refractivity contribution in [2.75, 3.05) is 12.1 Å². The Morgan fingerprint density at radius 1 is 1.22 bits per heavy atom. The molecule has 2 aromatic carbocycles. The molecule has 1 N–H and O–H groups in total. The number of fused-ring (bicyclic) bond motifs is 2. The van der Waals surface area contributed by atoms with Gasteiger partial charge in [-0.3, -0.25) is 4.79 Å². The number of hydrogen-bond donors (Lipinski definition) is 1. The van der Waals surface area contributed by atoms with Crippen LogP contribution in [0.3, 0.4) is 0 Å². The molecule has 3 aromatic rings. The van der Waals surface area contributed by atoms with Gasteiger partial charge in [0.05, 0.1) is 16.6 Å². The molecule has 0 fully saturated rings. The predicted molar refractivity (Wildman–Crippen MR) is 89.3 cm³/mol. The zero-order chi connectivity index (χ0) is 15.8. The lowest BCUT2D eigenvalue weighted by molar-refractivity contribution is -0.115. The van der Waals surface area contributed by atoms with Crippen molar-refractivity contribution < 1.29 is 14.3 Å². The van der Waals surface area contributed by atoms with Crippen LogP contribution >= 0.6 is 11.3 Å². The standard InChI is InChI=1S/C17H14N2O3S/c1-10-2-4-12-15(6-10)23-17(18-12)19-16(20)8-11-3-5-13-14(7-11)22-9-21-13/h2-7H,8-9H2,1H3,(H,18,19,20). The second-order valence-corrected chi connectivity index (χ2v) is 6.43. The number of nitrogens with one attached hydrogen (secondary N) is 1. The van der Waals surface area contributed by atoms with E-state index in [1.54, 1.807) is 0 Å². The number of amides is 1. The molecule has 4 rings (SSSR count). The third kappa shape index (κ3) is 2.85. The number of nitrogens with zero attached hydrogens (tertiary/aromatic N) is 1. The number of hydrogen-bond acceptors (Lipinski definition) is 5. The molecule has 116 valence electrons. The lowest BCUT2D eigenvalue weighted by Gasteiger charge is -2.03. The molecule has 1 aromatic heterocycles. The summed E-state index contributed by atoms with van der Waals surface area (Å²) in [5.41, 5.74) is 2.96. The van der Waals surface area contributed by atoms with Gasteiger partial charge in [0.15, 0.2) is 16.6 Å². The first kappa shape index (κ1) is 14.0. The Kier molecular flexibility index (Phi) is 3.38. The zero-order valence-electron chi connectivity index (χ0n) is 12.5. The lowest BCUT2D eigenvalue weighted by atomic mass is 10.1. The summed E-state index contributed by atoms with van der Waals surface area (Å²) in [5.74, 6) is 1.31. The monoisotopic (exact) mass is 326 g/mol. The highest BCUT2D eigenvalue weighted by molar-refractivity contribution is 7.22. The van der Waals surface area contributed by atoms with Crippen LogP contribution in [0, 0.1) is 6.92 Å². The first-order chi connectivity index (χ1) is 11.2. The molecule has 5 nitrogen and oxygen atoms in total. The van der Waals surface area contributed by atoms with Crippen molar-refractivity contribution in [2.45, 2.75) is 13.3 Å². The number of aromatic nitrogens is 1. The maximum absolute atomic E-state index is 12.2. The molecule has 0 aliphatic carbocycles. The fraction of sp³-hybridized carbons (Fsp3) is 0.176. The van der Waals surface area contributed by atoms with Crippen LogP contribution in [0.1, 0.15) is 11.1 Å². The fourth-order valence-electron chi connectivity index (χ4n) is 2.49. The van der Waals surface area contributed by atoms with Crippen molar-refractivity contribution in [3.05, 3.63) is 47.5 Å². The number of ether oxygens (including phenoxy) is 2. The average molecular weight is 326 g/mol. The summed E-state index contributed by atoms with van der Waals surface area (Å²) in [6.45, 7) is 2.27. The second kappa shape index (κ2) is 5.55. The first-order valence-electron chi connectivity index (χ1n) is 7.23. The van der Waals surface area contributed by atoms with Gasteiger partial charge < -0.3 is 14.8 Å². The summed E-state index contributed by atoms with van der Waals surface area (Å²) in [6.07, 6.45) is 0.269. The van der Waals surface area contributed by atoms with Crippen LogP contribution in [-0.4, -0.2) is 17.7 Å². The molecule has 1 aliphatic rings. The summed E-state index contributed by atoms with van der Waals surface area (Å²) < 4.78 is 11.7. The van der Waals surface area contributed by atoms with E-state index in [4.69, 9.17) is 9.47 Å². The zero-order valence-corrected chi connectivity index (χ0v) is 13.3. The Hall–Kier alpha value is -2.60. The van der Waals surface area contributed by atoms with Crippen molar-refractivity contribution in [1.82, 2.24) is 4.98 Å².